The molecule has 0 fully saturated rings. The Kier molecular flexibility index (Phi) is 5.56. The molecule has 3 heteroatoms. The summed E-state index contributed by atoms with van der Waals surface area (Å²) in [4.78, 5) is 0. The van der Waals surface area contributed by atoms with E-state index < -0.39 is 8.32 Å². The maximum atomic E-state index is 6.62. The molecule has 0 bridgehead atoms. The molecule has 0 radical (unpaired) electrons. The summed E-state index contributed by atoms with van der Waals surface area (Å²) in [5.41, 5.74) is 0. The summed E-state index contributed by atoms with van der Waals surface area (Å²) in [6.07, 6.45) is 0. The molecule has 0 unspecified atom stereocenters. The van der Waals surface area contributed by atoms with Crippen LogP contribution in [-0.2, 0) is 9.16 Å². The van der Waals surface area contributed by atoms with Gasteiger partial charge in [-0.2, -0.15) is 0 Å². The zero-order valence-electron chi connectivity index (χ0n) is 14.0. The van der Waals surface area contributed by atoms with Crippen LogP contribution in [0.3, 0.4) is 0 Å². The highest BCUT2D eigenvalue weighted by Gasteiger charge is 2.49. The third-order valence-electron chi connectivity index (χ3n) is 4.02. The largest absolute Gasteiger partial charge is 0.405 e. The molecular formula is C19H26O2Si. The van der Waals surface area contributed by atoms with E-state index in [2.05, 4.69) is 81.4 Å². The second-order valence-corrected chi connectivity index (χ2v) is 10.8. The molecule has 0 aliphatic rings. The molecule has 0 amide bonds. The van der Waals surface area contributed by atoms with Crippen molar-refractivity contribution in [3.8, 4) is 0 Å². The Bertz CT molecular complexity index is 521. The van der Waals surface area contributed by atoms with Gasteiger partial charge in [-0.1, -0.05) is 81.4 Å². The molecule has 0 heterocycles. The van der Waals surface area contributed by atoms with E-state index in [-0.39, 0.29) is 5.04 Å². The van der Waals surface area contributed by atoms with Gasteiger partial charge in [0.05, 0.1) is 13.2 Å². The van der Waals surface area contributed by atoms with Crippen molar-refractivity contribution in [1.82, 2.24) is 0 Å². The Morgan fingerprint density at radius 2 is 1.23 bits per heavy atom. The van der Waals surface area contributed by atoms with Crippen molar-refractivity contribution in [3.05, 3.63) is 60.7 Å². The van der Waals surface area contributed by atoms with E-state index in [0.29, 0.717) is 13.2 Å². The molecule has 0 aromatic heterocycles. The molecule has 118 valence electrons. The van der Waals surface area contributed by atoms with Crippen LogP contribution in [-0.4, -0.2) is 28.6 Å². The summed E-state index contributed by atoms with van der Waals surface area (Å²) in [6, 6.07) is 21.4. The molecule has 0 saturated heterocycles. The molecule has 0 aliphatic carbocycles. The lowest BCUT2D eigenvalue weighted by atomic mass is 10.2. The SMILES string of the molecule is COCCO[Si](c1ccccc1)(c1ccccc1)C(C)(C)C. The first-order valence-electron chi connectivity index (χ1n) is 7.76. The molecular weight excluding hydrogens is 288 g/mol. The topological polar surface area (TPSA) is 18.5 Å². The van der Waals surface area contributed by atoms with Gasteiger partial charge >= 0.3 is 0 Å². The third-order valence-corrected chi connectivity index (χ3v) is 9.07. The molecule has 2 nitrogen and oxygen atoms in total. The van der Waals surface area contributed by atoms with E-state index in [1.807, 2.05) is 0 Å². The van der Waals surface area contributed by atoms with Crippen LogP contribution in [0.15, 0.2) is 60.7 Å². The highest BCUT2D eigenvalue weighted by Crippen LogP contribution is 2.36. The minimum atomic E-state index is -2.37. The van der Waals surface area contributed by atoms with Crippen LogP contribution in [0.4, 0.5) is 0 Å². The fourth-order valence-corrected chi connectivity index (χ4v) is 7.58. The summed E-state index contributed by atoms with van der Waals surface area (Å²) in [6.45, 7) is 8.08. The third kappa shape index (κ3) is 3.32. The lowest BCUT2D eigenvalue weighted by Gasteiger charge is -2.43. The van der Waals surface area contributed by atoms with Gasteiger partial charge < -0.3 is 9.16 Å². The average molecular weight is 315 g/mol. The molecule has 0 saturated carbocycles. The fourth-order valence-electron chi connectivity index (χ4n) is 3.04. The first kappa shape index (κ1) is 16.9. The van der Waals surface area contributed by atoms with Crippen molar-refractivity contribution in [1.29, 1.82) is 0 Å². The monoisotopic (exact) mass is 314 g/mol. The predicted octanol–water partition coefficient (Wildman–Crippen LogP) is 3.21. The Labute approximate surface area is 135 Å². The molecule has 2 aromatic rings. The van der Waals surface area contributed by atoms with Crippen LogP contribution in [0.1, 0.15) is 20.8 Å². The smallest absolute Gasteiger partial charge is 0.261 e. The molecule has 0 spiro atoms. The zero-order chi connectivity index (χ0) is 16.1. The highest BCUT2D eigenvalue weighted by atomic mass is 28.4. The van der Waals surface area contributed by atoms with Crippen molar-refractivity contribution in [2.24, 2.45) is 0 Å². The quantitative estimate of drug-likeness (QED) is 0.602. The Hall–Kier alpha value is -1.42. The van der Waals surface area contributed by atoms with Crippen LogP contribution in [0.5, 0.6) is 0 Å². The van der Waals surface area contributed by atoms with Crippen LogP contribution in [0, 0.1) is 0 Å². The minimum absolute atomic E-state index is 0.0312. The van der Waals surface area contributed by atoms with Crippen molar-refractivity contribution < 1.29 is 9.16 Å². The van der Waals surface area contributed by atoms with E-state index in [9.17, 15) is 0 Å². The maximum absolute atomic E-state index is 6.62. The second kappa shape index (κ2) is 7.23. The normalized spacial score (nSPS) is 12.4. The number of hydrogen-bond donors (Lipinski definition) is 0. The van der Waals surface area contributed by atoms with Crippen LogP contribution < -0.4 is 10.4 Å². The van der Waals surface area contributed by atoms with E-state index in [0.717, 1.165) is 0 Å². The fraction of sp³-hybridized carbons (Fsp3) is 0.368. The highest BCUT2D eigenvalue weighted by molar-refractivity contribution is 6.99. The number of benzene rings is 2. The Morgan fingerprint density at radius 3 is 1.59 bits per heavy atom. The van der Waals surface area contributed by atoms with E-state index in [1.165, 1.54) is 10.4 Å². The van der Waals surface area contributed by atoms with Gasteiger partial charge in [-0.05, 0) is 15.4 Å². The number of hydrogen-bond acceptors (Lipinski definition) is 2. The van der Waals surface area contributed by atoms with Gasteiger partial charge in [-0.25, -0.2) is 0 Å². The second-order valence-electron chi connectivity index (χ2n) is 6.50. The average Bonchev–Trinajstić information content (AvgIpc) is 2.52. The molecule has 2 rings (SSSR count). The van der Waals surface area contributed by atoms with Gasteiger partial charge in [-0.15, -0.1) is 0 Å². The number of ether oxygens (including phenoxy) is 1. The number of rotatable bonds is 6. The Balaban J connectivity index is 2.59. The lowest BCUT2D eigenvalue weighted by Crippen LogP contribution is -2.66. The zero-order valence-corrected chi connectivity index (χ0v) is 15.0. The van der Waals surface area contributed by atoms with Crippen molar-refractivity contribution in [2.45, 2.75) is 25.8 Å². The predicted molar refractivity (Wildman–Crippen MR) is 95.4 cm³/mol. The number of methoxy groups -OCH3 is 1. The van der Waals surface area contributed by atoms with Crippen molar-refractivity contribution in [3.63, 3.8) is 0 Å². The summed E-state index contributed by atoms with van der Waals surface area (Å²) >= 11 is 0. The first-order valence-corrected chi connectivity index (χ1v) is 9.67. The van der Waals surface area contributed by atoms with Gasteiger partial charge in [-0.3, -0.25) is 0 Å². The standard InChI is InChI=1S/C19H26O2Si/c1-19(2,3)22(21-16-15-20-4,17-11-7-5-8-12-17)18-13-9-6-10-14-18/h5-14H,15-16H2,1-4H3. The first-order chi connectivity index (χ1) is 10.5. The molecule has 22 heavy (non-hydrogen) atoms. The molecule has 0 atom stereocenters. The van der Waals surface area contributed by atoms with Gasteiger partial charge in [0.15, 0.2) is 0 Å². The molecule has 0 aliphatic heterocycles. The van der Waals surface area contributed by atoms with E-state index in [1.54, 1.807) is 7.11 Å². The van der Waals surface area contributed by atoms with Crippen LogP contribution in [0.2, 0.25) is 5.04 Å². The summed E-state index contributed by atoms with van der Waals surface area (Å²) in [5, 5.41) is 2.65. The van der Waals surface area contributed by atoms with Crippen LogP contribution in [0.25, 0.3) is 0 Å². The summed E-state index contributed by atoms with van der Waals surface area (Å²) in [5.74, 6) is 0. The van der Waals surface area contributed by atoms with Gasteiger partial charge in [0.25, 0.3) is 8.32 Å². The Morgan fingerprint density at radius 1 is 0.773 bits per heavy atom. The summed E-state index contributed by atoms with van der Waals surface area (Å²) < 4.78 is 11.8. The lowest BCUT2D eigenvalue weighted by molar-refractivity contribution is 0.141. The van der Waals surface area contributed by atoms with Gasteiger partial charge in [0.2, 0.25) is 0 Å². The minimum Gasteiger partial charge on any atom is -0.405 e. The maximum Gasteiger partial charge on any atom is 0.261 e. The summed E-state index contributed by atoms with van der Waals surface area (Å²) in [7, 11) is -0.650. The molecule has 2 aromatic carbocycles. The van der Waals surface area contributed by atoms with Crippen LogP contribution >= 0.6 is 0 Å². The van der Waals surface area contributed by atoms with E-state index in [4.69, 9.17) is 9.16 Å². The van der Waals surface area contributed by atoms with E-state index >= 15 is 0 Å². The van der Waals surface area contributed by atoms with Gasteiger partial charge in [0, 0.05) is 7.11 Å². The van der Waals surface area contributed by atoms with Gasteiger partial charge in [0.1, 0.15) is 0 Å². The molecule has 0 N–H and O–H groups in total. The van der Waals surface area contributed by atoms with Crippen molar-refractivity contribution >= 4 is 18.7 Å². The van der Waals surface area contributed by atoms with Crippen molar-refractivity contribution in [2.75, 3.05) is 20.3 Å².